The molecular formula is C18H15IN2O4. The number of hydrazone groups is 1. The summed E-state index contributed by atoms with van der Waals surface area (Å²) in [4.78, 5) is 36.1. The van der Waals surface area contributed by atoms with Crippen molar-refractivity contribution in [2.45, 2.75) is 13.3 Å². The van der Waals surface area contributed by atoms with Gasteiger partial charge in [-0.25, -0.2) is 0 Å². The van der Waals surface area contributed by atoms with Gasteiger partial charge in [-0.3, -0.25) is 14.4 Å². The highest BCUT2D eigenvalue weighted by molar-refractivity contribution is 14.1. The highest BCUT2D eigenvalue weighted by Gasteiger charge is 2.59. The molecule has 6 nitrogen and oxygen atoms in total. The van der Waals surface area contributed by atoms with Gasteiger partial charge in [0.25, 0.3) is 11.8 Å². The van der Waals surface area contributed by atoms with E-state index in [0.29, 0.717) is 5.75 Å². The second-order valence-corrected chi connectivity index (χ2v) is 7.68. The Morgan fingerprint density at radius 1 is 1.24 bits per heavy atom. The third kappa shape index (κ3) is 2.70. The van der Waals surface area contributed by atoms with Gasteiger partial charge < -0.3 is 4.74 Å². The average Bonchev–Trinajstić information content (AvgIpc) is 3.23. The summed E-state index contributed by atoms with van der Waals surface area (Å²) in [6, 6.07) is 5.16. The number of imide groups is 1. The molecule has 128 valence electrons. The first kappa shape index (κ1) is 16.4. The smallest absolute Gasteiger partial charge is 0.308 e. The van der Waals surface area contributed by atoms with Crippen LogP contribution in [-0.4, -0.2) is 29.0 Å². The molecule has 2 bridgehead atoms. The molecule has 0 spiro atoms. The standard InChI is InChI=1S/C18H15IN2O4/c1-9(22)25-14-5-2-10(6-13(14)19)8-20-21-17(23)15-11-3-4-12(7-11)16(15)18(21)24/h2-6,8,11-12,15-16H,7H2,1H3/t11-,12-,15-,16+/m0/s1. The molecule has 0 N–H and O–H groups in total. The quantitative estimate of drug-likeness (QED) is 0.177. The predicted molar refractivity (Wildman–Crippen MR) is 97.6 cm³/mol. The van der Waals surface area contributed by atoms with Gasteiger partial charge in [-0.2, -0.15) is 10.1 Å². The van der Waals surface area contributed by atoms with Crippen LogP contribution in [0.5, 0.6) is 5.75 Å². The zero-order valence-electron chi connectivity index (χ0n) is 13.4. The van der Waals surface area contributed by atoms with Gasteiger partial charge in [-0.15, -0.1) is 0 Å². The van der Waals surface area contributed by atoms with Gasteiger partial charge in [-0.05, 0) is 64.6 Å². The second kappa shape index (κ2) is 6.05. The van der Waals surface area contributed by atoms with Gasteiger partial charge in [0.05, 0.1) is 21.6 Å². The molecule has 0 radical (unpaired) electrons. The van der Waals surface area contributed by atoms with Crippen LogP contribution in [0.4, 0.5) is 0 Å². The fourth-order valence-corrected chi connectivity index (χ4v) is 4.61. The molecule has 1 aromatic carbocycles. The lowest BCUT2D eigenvalue weighted by atomic mass is 9.85. The fraction of sp³-hybridized carbons (Fsp3) is 0.333. The first-order valence-electron chi connectivity index (χ1n) is 8.04. The summed E-state index contributed by atoms with van der Waals surface area (Å²) in [5.74, 6) is -0.453. The number of nitrogens with zero attached hydrogens (tertiary/aromatic N) is 2. The Bertz CT molecular complexity index is 817. The van der Waals surface area contributed by atoms with E-state index in [1.54, 1.807) is 18.2 Å². The Morgan fingerprint density at radius 3 is 2.44 bits per heavy atom. The Morgan fingerprint density at radius 2 is 1.88 bits per heavy atom. The van der Waals surface area contributed by atoms with Crippen molar-refractivity contribution in [2.75, 3.05) is 0 Å². The summed E-state index contributed by atoms with van der Waals surface area (Å²) in [7, 11) is 0. The molecule has 1 saturated heterocycles. The maximum atomic E-state index is 12.5. The normalized spacial score (nSPS) is 29.8. The molecule has 0 aromatic heterocycles. The lowest BCUT2D eigenvalue weighted by molar-refractivity contribution is -0.140. The van der Waals surface area contributed by atoms with E-state index in [-0.39, 0.29) is 41.5 Å². The topological polar surface area (TPSA) is 76.0 Å². The summed E-state index contributed by atoms with van der Waals surface area (Å²) in [6.45, 7) is 1.34. The zero-order chi connectivity index (χ0) is 17.7. The zero-order valence-corrected chi connectivity index (χ0v) is 15.5. The molecule has 1 heterocycles. The third-order valence-corrected chi connectivity index (χ3v) is 5.82. The van der Waals surface area contributed by atoms with Crippen molar-refractivity contribution in [1.82, 2.24) is 5.01 Å². The van der Waals surface area contributed by atoms with E-state index in [9.17, 15) is 14.4 Å². The fourth-order valence-electron chi connectivity index (χ4n) is 3.96. The molecule has 4 rings (SSSR count). The van der Waals surface area contributed by atoms with Crippen LogP contribution in [0.25, 0.3) is 0 Å². The minimum absolute atomic E-state index is 0.176. The average molecular weight is 450 g/mol. The van der Waals surface area contributed by atoms with Crippen molar-refractivity contribution in [3.63, 3.8) is 0 Å². The van der Waals surface area contributed by atoms with Gasteiger partial charge in [0.2, 0.25) is 0 Å². The van der Waals surface area contributed by atoms with Crippen molar-refractivity contribution >= 4 is 46.6 Å². The summed E-state index contributed by atoms with van der Waals surface area (Å²) in [6.07, 6.45) is 6.51. The van der Waals surface area contributed by atoms with E-state index in [0.717, 1.165) is 20.6 Å². The molecule has 1 aromatic rings. The number of hydrogen-bond acceptors (Lipinski definition) is 5. The van der Waals surface area contributed by atoms with Crippen molar-refractivity contribution in [3.8, 4) is 5.75 Å². The molecule has 1 aliphatic heterocycles. The van der Waals surface area contributed by atoms with E-state index >= 15 is 0 Å². The first-order valence-corrected chi connectivity index (χ1v) is 9.11. The van der Waals surface area contributed by atoms with Crippen molar-refractivity contribution in [2.24, 2.45) is 28.8 Å². The van der Waals surface area contributed by atoms with E-state index < -0.39 is 0 Å². The van der Waals surface area contributed by atoms with Crippen LogP contribution in [0.2, 0.25) is 0 Å². The number of esters is 1. The molecule has 25 heavy (non-hydrogen) atoms. The van der Waals surface area contributed by atoms with Gasteiger partial charge in [0.1, 0.15) is 5.75 Å². The van der Waals surface area contributed by atoms with E-state index in [2.05, 4.69) is 39.8 Å². The van der Waals surface area contributed by atoms with E-state index in [1.807, 2.05) is 0 Å². The lowest BCUT2D eigenvalue weighted by Gasteiger charge is -2.13. The number of allylic oxidation sites excluding steroid dienone is 2. The first-order chi connectivity index (χ1) is 12.0. The number of carbonyl (C=O) groups excluding carboxylic acids is 3. The number of ether oxygens (including phenoxy) is 1. The van der Waals surface area contributed by atoms with Crippen LogP contribution in [0.3, 0.4) is 0 Å². The number of carbonyl (C=O) groups is 3. The number of halogens is 1. The summed E-state index contributed by atoms with van der Waals surface area (Å²) >= 11 is 2.06. The molecule has 1 saturated carbocycles. The van der Waals surface area contributed by atoms with Gasteiger partial charge in [-0.1, -0.05) is 12.2 Å². The third-order valence-electron chi connectivity index (χ3n) is 4.98. The van der Waals surface area contributed by atoms with Crippen molar-refractivity contribution in [1.29, 1.82) is 0 Å². The Kier molecular flexibility index (Phi) is 3.98. The van der Waals surface area contributed by atoms with Gasteiger partial charge in [0, 0.05) is 6.92 Å². The molecule has 3 aliphatic rings. The molecule has 7 heteroatoms. The highest BCUT2D eigenvalue weighted by Crippen LogP contribution is 2.52. The molecule has 2 amide bonds. The van der Waals surface area contributed by atoms with E-state index in [1.165, 1.54) is 13.1 Å². The number of benzene rings is 1. The van der Waals surface area contributed by atoms with Crippen molar-refractivity contribution < 1.29 is 19.1 Å². The summed E-state index contributed by atoms with van der Waals surface area (Å²) in [5, 5.41) is 5.16. The minimum Gasteiger partial charge on any atom is -0.426 e. The number of rotatable bonds is 3. The largest absolute Gasteiger partial charge is 0.426 e. The SMILES string of the molecule is CC(=O)Oc1ccc(C=NN2C(=O)[C@@H]3[C@H](C2=O)[C@H]2C=C[C@H]3C2)cc1I. The molecule has 2 fully saturated rings. The molecular weight excluding hydrogens is 435 g/mol. The second-order valence-electron chi connectivity index (χ2n) is 6.52. The van der Waals surface area contributed by atoms with Gasteiger partial charge >= 0.3 is 5.97 Å². The lowest BCUT2D eigenvalue weighted by Crippen LogP contribution is -2.28. The number of hydrogen-bond donors (Lipinski definition) is 0. The minimum atomic E-state index is -0.387. The highest BCUT2D eigenvalue weighted by atomic mass is 127. The van der Waals surface area contributed by atoms with Gasteiger partial charge in [0.15, 0.2) is 0 Å². The Balaban J connectivity index is 1.53. The Labute approximate surface area is 158 Å². The summed E-state index contributed by atoms with van der Waals surface area (Å²) < 4.78 is 5.82. The number of amides is 2. The van der Waals surface area contributed by atoms with Crippen LogP contribution < -0.4 is 4.74 Å². The van der Waals surface area contributed by atoms with Crippen LogP contribution in [0.15, 0.2) is 35.5 Å². The summed E-state index contributed by atoms with van der Waals surface area (Å²) in [5.41, 5.74) is 0.721. The maximum Gasteiger partial charge on any atom is 0.308 e. The van der Waals surface area contributed by atoms with Crippen LogP contribution in [0, 0.1) is 27.2 Å². The van der Waals surface area contributed by atoms with Crippen LogP contribution >= 0.6 is 22.6 Å². The van der Waals surface area contributed by atoms with Crippen molar-refractivity contribution in [3.05, 3.63) is 39.5 Å². The molecule has 2 aliphatic carbocycles. The molecule has 4 atom stereocenters. The monoisotopic (exact) mass is 450 g/mol. The number of fused-ring (bicyclic) bond motifs is 5. The maximum absolute atomic E-state index is 12.5. The Hall–Kier alpha value is -2.03. The van der Waals surface area contributed by atoms with Crippen LogP contribution in [0.1, 0.15) is 18.9 Å². The molecule has 0 unspecified atom stereocenters. The van der Waals surface area contributed by atoms with Crippen LogP contribution in [-0.2, 0) is 14.4 Å². The predicted octanol–water partition coefficient (Wildman–Crippen LogP) is 2.36. The van der Waals surface area contributed by atoms with E-state index in [4.69, 9.17) is 4.74 Å².